The van der Waals surface area contributed by atoms with E-state index in [1.54, 1.807) is 5.56 Å². The number of nitrogens with zero attached hydrogens (tertiary/aromatic N) is 1. The second-order valence-electron chi connectivity index (χ2n) is 4.00. The summed E-state index contributed by atoms with van der Waals surface area (Å²) < 4.78 is 0. The molecule has 0 aromatic carbocycles. The van der Waals surface area contributed by atoms with Gasteiger partial charge in [0.15, 0.2) is 0 Å². The monoisotopic (exact) mass is 161 g/mol. The Balaban J connectivity index is 2.56. The molecule has 1 aliphatic rings. The lowest BCUT2D eigenvalue weighted by Crippen LogP contribution is -1.96. The van der Waals surface area contributed by atoms with Crippen LogP contribution in [0.15, 0.2) is 0 Å². The minimum Gasteiger partial charge on any atom is -0.257 e. The van der Waals surface area contributed by atoms with Crippen molar-refractivity contribution in [1.29, 1.82) is 0 Å². The summed E-state index contributed by atoms with van der Waals surface area (Å²) in [7, 11) is 0. The van der Waals surface area contributed by atoms with Gasteiger partial charge in [-0.05, 0) is 36.5 Å². The second-order valence-corrected chi connectivity index (χ2v) is 4.00. The largest absolute Gasteiger partial charge is 0.257 e. The van der Waals surface area contributed by atoms with E-state index in [0.717, 1.165) is 0 Å². The van der Waals surface area contributed by atoms with Crippen molar-refractivity contribution in [2.24, 2.45) is 0 Å². The number of aryl methyl sites for hydroxylation is 1. The Bertz CT molecular complexity index is 334. The van der Waals surface area contributed by atoms with Crippen LogP contribution in [0.25, 0.3) is 0 Å². The van der Waals surface area contributed by atoms with E-state index in [1.807, 2.05) is 0 Å². The molecule has 64 valence electrons. The lowest BCUT2D eigenvalue weighted by atomic mass is 10.1. The van der Waals surface area contributed by atoms with Crippen molar-refractivity contribution in [3.05, 3.63) is 28.1 Å². The minimum absolute atomic E-state index is 0.584. The number of pyridine rings is 1. The lowest BCUT2D eigenvalue weighted by Gasteiger charge is -2.05. The third kappa shape index (κ3) is 0.961. The Hall–Kier alpha value is -0.850. The summed E-state index contributed by atoms with van der Waals surface area (Å²) in [6.07, 6.45) is 1.19. The van der Waals surface area contributed by atoms with Gasteiger partial charge in [0.25, 0.3) is 0 Å². The molecular weight excluding hydrogens is 146 g/mol. The van der Waals surface area contributed by atoms with Gasteiger partial charge in [-0.1, -0.05) is 13.8 Å². The summed E-state index contributed by atoms with van der Waals surface area (Å²) in [5.41, 5.74) is 7.04. The van der Waals surface area contributed by atoms with Gasteiger partial charge in [-0.15, -0.1) is 0 Å². The molecule has 0 saturated carbocycles. The molecule has 2 rings (SSSR count). The molecule has 0 saturated heterocycles. The highest BCUT2D eigenvalue weighted by atomic mass is 14.7. The number of hydrogen-bond acceptors (Lipinski definition) is 1. The van der Waals surface area contributed by atoms with E-state index in [9.17, 15) is 0 Å². The van der Waals surface area contributed by atoms with Crippen LogP contribution in [0.4, 0.5) is 0 Å². The molecule has 1 aliphatic carbocycles. The van der Waals surface area contributed by atoms with Gasteiger partial charge in [0.2, 0.25) is 0 Å². The molecule has 0 bridgehead atoms. The van der Waals surface area contributed by atoms with Gasteiger partial charge in [0.1, 0.15) is 0 Å². The van der Waals surface area contributed by atoms with Crippen LogP contribution in [0.5, 0.6) is 0 Å². The molecule has 0 aliphatic heterocycles. The van der Waals surface area contributed by atoms with E-state index in [0.29, 0.717) is 5.92 Å². The topological polar surface area (TPSA) is 12.9 Å². The number of fused-ring (bicyclic) bond motifs is 1. The van der Waals surface area contributed by atoms with Gasteiger partial charge in [0, 0.05) is 17.8 Å². The van der Waals surface area contributed by atoms with Crippen molar-refractivity contribution in [2.45, 2.75) is 40.0 Å². The molecule has 1 aromatic heterocycles. The van der Waals surface area contributed by atoms with Crippen LogP contribution >= 0.6 is 0 Å². The maximum Gasteiger partial charge on any atom is 0.0470 e. The Labute approximate surface area is 73.8 Å². The Morgan fingerprint density at radius 1 is 1.17 bits per heavy atom. The predicted molar refractivity (Wildman–Crippen MR) is 50.6 cm³/mol. The zero-order valence-corrected chi connectivity index (χ0v) is 8.23. The summed E-state index contributed by atoms with van der Waals surface area (Å²) in [5.74, 6) is 0.584. The Morgan fingerprint density at radius 2 is 1.83 bits per heavy atom. The first kappa shape index (κ1) is 7.78. The zero-order chi connectivity index (χ0) is 8.88. The fourth-order valence-electron chi connectivity index (χ4n) is 1.76. The van der Waals surface area contributed by atoms with E-state index in [-0.39, 0.29) is 0 Å². The maximum atomic E-state index is 4.62. The van der Waals surface area contributed by atoms with Crippen LogP contribution in [0, 0.1) is 13.8 Å². The minimum atomic E-state index is 0.584. The van der Waals surface area contributed by atoms with Crippen LogP contribution < -0.4 is 0 Å². The van der Waals surface area contributed by atoms with Crippen LogP contribution in [-0.2, 0) is 6.42 Å². The number of hydrogen-bond donors (Lipinski definition) is 0. The average Bonchev–Trinajstić information content (AvgIpc) is 2.75. The first-order valence-electron chi connectivity index (χ1n) is 4.60. The van der Waals surface area contributed by atoms with Crippen molar-refractivity contribution in [1.82, 2.24) is 4.98 Å². The normalized spacial score (nSPS) is 13.4. The predicted octanol–water partition coefficient (Wildman–Crippen LogP) is 2.73. The average molecular weight is 161 g/mol. The summed E-state index contributed by atoms with van der Waals surface area (Å²) >= 11 is 0. The summed E-state index contributed by atoms with van der Waals surface area (Å²) in [6, 6.07) is 0. The van der Waals surface area contributed by atoms with Crippen LogP contribution in [0.3, 0.4) is 0 Å². The van der Waals surface area contributed by atoms with Gasteiger partial charge < -0.3 is 0 Å². The van der Waals surface area contributed by atoms with Crippen molar-refractivity contribution >= 4 is 0 Å². The quantitative estimate of drug-likeness (QED) is 0.626. The van der Waals surface area contributed by atoms with Crippen molar-refractivity contribution in [2.75, 3.05) is 0 Å². The van der Waals surface area contributed by atoms with E-state index < -0.39 is 0 Å². The van der Waals surface area contributed by atoms with Gasteiger partial charge >= 0.3 is 0 Å². The van der Waals surface area contributed by atoms with E-state index >= 15 is 0 Å². The van der Waals surface area contributed by atoms with Crippen LogP contribution in [0.1, 0.15) is 47.8 Å². The summed E-state index contributed by atoms with van der Waals surface area (Å²) in [6.45, 7) is 8.73. The highest BCUT2D eigenvalue weighted by Crippen LogP contribution is 2.37. The van der Waals surface area contributed by atoms with E-state index in [2.05, 4.69) is 32.7 Å². The Morgan fingerprint density at radius 3 is 2.42 bits per heavy atom. The first-order valence-corrected chi connectivity index (χ1v) is 4.60. The molecule has 0 N–H and O–H groups in total. The summed E-state index contributed by atoms with van der Waals surface area (Å²) in [4.78, 5) is 4.62. The van der Waals surface area contributed by atoms with Crippen molar-refractivity contribution in [3.63, 3.8) is 0 Å². The number of rotatable bonds is 1. The molecule has 0 radical (unpaired) electrons. The third-order valence-electron chi connectivity index (χ3n) is 2.73. The van der Waals surface area contributed by atoms with Crippen molar-refractivity contribution < 1.29 is 0 Å². The van der Waals surface area contributed by atoms with Gasteiger partial charge in [0.05, 0.1) is 0 Å². The van der Waals surface area contributed by atoms with E-state index in [1.165, 1.54) is 28.9 Å². The maximum absolute atomic E-state index is 4.62. The van der Waals surface area contributed by atoms with E-state index in [4.69, 9.17) is 0 Å². The number of aromatic nitrogens is 1. The molecule has 12 heavy (non-hydrogen) atoms. The molecular formula is C11H15N. The van der Waals surface area contributed by atoms with Gasteiger partial charge in [-0.25, -0.2) is 0 Å². The SMILES string of the molecule is Cc1nc(C(C)C)c2c(c1C)C2. The Kier molecular flexibility index (Phi) is 1.50. The lowest BCUT2D eigenvalue weighted by molar-refractivity contribution is 0.812. The zero-order valence-electron chi connectivity index (χ0n) is 8.23. The molecule has 1 aromatic rings. The van der Waals surface area contributed by atoms with Crippen LogP contribution in [0.2, 0.25) is 0 Å². The standard InChI is InChI=1S/C11H15N/c1-6(2)11-10-5-9(10)7(3)8(4)12-11/h6H,5H2,1-4H3. The van der Waals surface area contributed by atoms with Crippen LogP contribution in [-0.4, -0.2) is 4.98 Å². The highest BCUT2D eigenvalue weighted by Gasteiger charge is 2.26. The molecule has 1 heteroatoms. The first-order chi connectivity index (χ1) is 5.61. The summed E-state index contributed by atoms with van der Waals surface area (Å²) in [5, 5.41) is 0. The molecule has 1 heterocycles. The molecule has 0 atom stereocenters. The molecule has 1 nitrogen and oxygen atoms in total. The molecule has 0 amide bonds. The fourth-order valence-corrected chi connectivity index (χ4v) is 1.76. The van der Waals surface area contributed by atoms with Gasteiger partial charge in [-0.3, -0.25) is 4.98 Å². The molecule has 0 unspecified atom stereocenters. The molecule has 0 fully saturated rings. The third-order valence-corrected chi connectivity index (χ3v) is 2.73. The van der Waals surface area contributed by atoms with Crippen molar-refractivity contribution in [3.8, 4) is 0 Å². The fraction of sp³-hybridized carbons (Fsp3) is 0.545. The van der Waals surface area contributed by atoms with Gasteiger partial charge in [-0.2, -0.15) is 0 Å². The smallest absolute Gasteiger partial charge is 0.0470 e. The highest BCUT2D eigenvalue weighted by molar-refractivity contribution is 5.54. The second kappa shape index (κ2) is 2.32. The molecule has 0 spiro atoms.